The molecule has 0 radical (unpaired) electrons. The van der Waals surface area contributed by atoms with Crippen LogP contribution in [-0.2, 0) is 13.0 Å². The van der Waals surface area contributed by atoms with Gasteiger partial charge in [0.1, 0.15) is 5.82 Å². The number of nitrogen functional groups attached to an aromatic ring is 1. The smallest absolute Gasteiger partial charge is 0.251 e. The van der Waals surface area contributed by atoms with E-state index in [2.05, 4.69) is 20.7 Å². The summed E-state index contributed by atoms with van der Waals surface area (Å²) in [5.41, 5.74) is 6.56. The molecule has 0 spiro atoms. The van der Waals surface area contributed by atoms with Crippen LogP contribution in [0.4, 0.5) is 5.82 Å². The van der Waals surface area contributed by atoms with Gasteiger partial charge in [-0.2, -0.15) is 0 Å². The number of rotatable bonds is 5. The van der Waals surface area contributed by atoms with E-state index in [0.717, 1.165) is 22.7 Å². The molecule has 0 saturated carbocycles. The molecule has 2 rings (SSSR count). The molecule has 0 saturated heterocycles. The van der Waals surface area contributed by atoms with Crippen molar-refractivity contribution in [2.75, 3.05) is 5.43 Å². The van der Waals surface area contributed by atoms with Crippen LogP contribution in [0.3, 0.4) is 0 Å². The standard InChI is InChI=1S/C13H17N5OS/c1-3-10-4-9(5-12(17-10)18-14)13(19)15-6-11-8(2)16-7-20-11/h4-5,7H,3,6,14H2,1-2H3,(H,15,19)(H,17,18). The van der Waals surface area contributed by atoms with E-state index >= 15 is 0 Å². The van der Waals surface area contributed by atoms with E-state index in [0.29, 0.717) is 17.9 Å². The molecule has 0 aliphatic rings. The first-order valence-electron chi connectivity index (χ1n) is 6.28. The highest BCUT2D eigenvalue weighted by Gasteiger charge is 2.10. The minimum absolute atomic E-state index is 0.147. The minimum Gasteiger partial charge on any atom is -0.347 e. The van der Waals surface area contributed by atoms with Gasteiger partial charge in [0.05, 0.1) is 17.7 Å². The Balaban J connectivity index is 2.10. The van der Waals surface area contributed by atoms with Gasteiger partial charge in [-0.3, -0.25) is 4.79 Å². The first kappa shape index (κ1) is 14.4. The number of anilines is 1. The Labute approximate surface area is 121 Å². The lowest BCUT2D eigenvalue weighted by atomic mass is 10.2. The molecule has 4 N–H and O–H groups in total. The van der Waals surface area contributed by atoms with Crippen LogP contribution in [0.25, 0.3) is 0 Å². The number of aromatic nitrogens is 2. The summed E-state index contributed by atoms with van der Waals surface area (Å²) < 4.78 is 0. The van der Waals surface area contributed by atoms with E-state index in [1.165, 1.54) is 11.3 Å². The molecule has 1 amide bonds. The Morgan fingerprint density at radius 3 is 2.85 bits per heavy atom. The lowest BCUT2D eigenvalue weighted by Crippen LogP contribution is -2.23. The van der Waals surface area contributed by atoms with Crippen molar-refractivity contribution in [1.82, 2.24) is 15.3 Å². The van der Waals surface area contributed by atoms with Gasteiger partial charge in [-0.05, 0) is 25.5 Å². The predicted octanol–water partition coefficient (Wildman–Crippen LogP) is 1.62. The number of thiazole rings is 1. The van der Waals surface area contributed by atoms with E-state index in [4.69, 9.17) is 5.84 Å². The van der Waals surface area contributed by atoms with E-state index in [-0.39, 0.29) is 5.91 Å². The molecule has 0 bridgehead atoms. The number of hydrogen-bond acceptors (Lipinski definition) is 6. The third-order valence-electron chi connectivity index (χ3n) is 2.91. The number of carbonyl (C=O) groups excluding carboxylic acids is 1. The van der Waals surface area contributed by atoms with E-state index in [1.807, 2.05) is 13.8 Å². The second-order valence-corrected chi connectivity index (χ2v) is 5.21. The number of hydrogen-bond donors (Lipinski definition) is 3. The van der Waals surface area contributed by atoms with Crippen LogP contribution in [0.5, 0.6) is 0 Å². The second kappa shape index (κ2) is 6.44. The largest absolute Gasteiger partial charge is 0.347 e. The van der Waals surface area contributed by atoms with Gasteiger partial charge in [0.25, 0.3) is 5.91 Å². The molecule has 2 aromatic rings. The number of aryl methyl sites for hydroxylation is 2. The fourth-order valence-corrected chi connectivity index (χ4v) is 2.45. The molecule has 0 fully saturated rings. The normalized spacial score (nSPS) is 10.3. The quantitative estimate of drug-likeness (QED) is 0.575. The number of hydrazine groups is 1. The van der Waals surface area contributed by atoms with Gasteiger partial charge >= 0.3 is 0 Å². The lowest BCUT2D eigenvalue weighted by Gasteiger charge is -2.08. The van der Waals surface area contributed by atoms with Gasteiger partial charge in [0.15, 0.2) is 0 Å². The summed E-state index contributed by atoms with van der Waals surface area (Å²) in [5.74, 6) is 5.71. The number of carbonyl (C=O) groups is 1. The monoisotopic (exact) mass is 291 g/mol. The Morgan fingerprint density at radius 1 is 1.45 bits per heavy atom. The van der Waals surface area contributed by atoms with Crippen LogP contribution in [0.15, 0.2) is 17.6 Å². The van der Waals surface area contributed by atoms with Crippen molar-refractivity contribution in [1.29, 1.82) is 0 Å². The molecule has 0 aliphatic heterocycles. The fourth-order valence-electron chi connectivity index (χ4n) is 1.73. The van der Waals surface area contributed by atoms with Crippen molar-refractivity contribution >= 4 is 23.1 Å². The third kappa shape index (κ3) is 3.31. The van der Waals surface area contributed by atoms with Gasteiger partial charge in [-0.1, -0.05) is 6.92 Å². The third-order valence-corrected chi connectivity index (χ3v) is 3.84. The van der Waals surface area contributed by atoms with Crippen molar-refractivity contribution in [2.45, 2.75) is 26.8 Å². The number of nitrogens with one attached hydrogen (secondary N) is 2. The average molecular weight is 291 g/mol. The summed E-state index contributed by atoms with van der Waals surface area (Å²) in [7, 11) is 0. The molecular formula is C13H17N5OS. The zero-order valence-electron chi connectivity index (χ0n) is 11.4. The first-order valence-corrected chi connectivity index (χ1v) is 7.16. The predicted molar refractivity (Wildman–Crippen MR) is 79.4 cm³/mol. The lowest BCUT2D eigenvalue weighted by molar-refractivity contribution is 0.0951. The van der Waals surface area contributed by atoms with Crippen LogP contribution in [0.2, 0.25) is 0 Å². The van der Waals surface area contributed by atoms with Crippen molar-refractivity contribution < 1.29 is 4.79 Å². The van der Waals surface area contributed by atoms with E-state index in [9.17, 15) is 4.79 Å². The van der Waals surface area contributed by atoms with Crippen molar-refractivity contribution in [3.8, 4) is 0 Å². The van der Waals surface area contributed by atoms with E-state index < -0.39 is 0 Å². The van der Waals surface area contributed by atoms with E-state index in [1.54, 1.807) is 17.6 Å². The van der Waals surface area contributed by atoms with Crippen molar-refractivity contribution in [3.63, 3.8) is 0 Å². The molecule has 2 heterocycles. The topological polar surface area (TPSA) is 92.9 Å². The van der Waals surface area contributed by atoms with Gasteiger partial charge in [-0.25, -0.2) is 15.8 Å². The molecule has 0 unspecified atom stereocenters. The number of amides is 1. The SMILES string of the molecule is CCc1cc(C(=O)NCc2scnc2C)cc(NN)n1. The zero-order chi connectivity index (χ0) is 14.5. The van der Waals surface area contributed by atoms with Crippen molar-refractivity contribution in [3.05, 3.63) is 39.5 Å². The number of pyridine rings is 1. The highest BCUT2D eigenvalue weighted by molar-refractivity contribution is 7.09. The van der Waals surface area contributed by atoms with Gasteiger partial charge in [0.2, 0.25) is 0 Å². The summed E-state index contributed by atoms with van der Waals surface area (Å²) in [6.07, 6.45) is 0.740. The Morgan fingerprint density at radius 2 is 2.25 bits per heavy atom. The average Bonchev–Trinajstić information content (AvgIpc) is 2.89. The Hall–Kier alpha value is -1.99. The highest BCUT2D eigenvalue weighted by Crippen LogP contribution is 2.13. The molecule has 2 aromatic heterocycles. The van der Waals surface area contributed by atoms with Crippen LogP contribution < -0.4 is 16.6 Å². The van der Waals surface area contributed by atoms with Crippen LogP contribution in [0, 0.1) is 6.92 Å². The second-order valence-electron chi connectivity index (χ2n) is 4.27. The highest BCUT2D eigenvalue weighted by atomic mass is 32.1. The molecule has 106 valence electrons. The maximum atomic E-state index is 12.2. The first-order chi connectivity index (χ1) is 9.63. The van der Waals surface area contributed by atoms with Crippen LogP contribution in [0.1, 0.15) is 33.5 Å². The number of nitrogens with zero attached hydrogens (tertiary/aromatic N) is 2. The Bertz CT molecular complexity index is 588. The molecule has 0 aromatic carbocycles. The summed E-state index contributed by atoms with van der Waals surface area (Å²) in [4.78, 5) is 21.6. The molecule has 20 heavy (non-hydrogen) atoms. The molecule has 7 heteroatoms. The van der Waals surface area contributed by atoms with Gasteiger partial charge in [-0.15, -0.1) is 11.3 Å². The summed E-state index contributed by atoms with van der Waals surface area (Å²) in [5, 5.41) is 2.88. The zero-order valence-corrected chi connectivity index (χ0v) is 12.3. The molecule has 0 aliphatic carbocycles. The Kier molecular flexibility index (Phi) is 4.65. The molecular weight excluding hydrogens is 274 g/mol. The van der Waals surface area contributed by atoms with Crippen LogP contribution in [-0.4, -0.2) is 15.9 Å². The van der Waals surface area contributed by atoms with Gasteiger partial charge in [0, 0.05) is 16.1 Å². The summed E-state index contributed by atoms with van der Waals surface area (Å²) in [6, 6.07) is 3.41. The molecule has 6 nitrogen and oxygen atoms in total. The fraction of sp³-hybridized carbons (Fsp3) is 0.308. The maximum absolute atomic E-state index is 12.2. The summed E-state index contributed by atoms with van der Waals surface area (Å²) >= 11 is 1.53. The van der Waals surface area contributed by atoms with Crippen LogP contribution >= 0.6 is 11.3 Å². The summed E-state index contributed by atoms with van der Waals surface area (Å²) in [6.45, 7) is 4.38. The van der Waals surface area contributed by atoms with Crippen molar-refractivity contribution in [2.24, 2.45) is 5.84 Å². The number of nitrogens with two attached hydrogens (primary N) is 1. The molecule has 0 atom stereocenters. The minimum atomic E-state index is -0.147. The van der Waals surface area contributed by atoms with Gasteiger partial charge < -0.3 is 10.7 Å². The maximum Gasteiger partial charge on any atom is 0.251 e.